The molecule has 2 unspecified atom stereocenters. The number of hydrogen-bond donors (Lipinski definition) is 1. The summed E-state index contributed by atoms with van der Waals surface area (Å²) in [7, 11) is 0. The number of rotatable bonds is 3. The molecule has 1 fully saturated rings. The Bertz CT molecular complexity index is 356. The number of amides is 1. The molecule has 0 saturated carbocycles. The molecular formula is C10H12F3NO4. The van der Waals surface area contributed by atoms with Crippen LogP contribution in [0.5, 0.6) is 0 Å². The zero-order valence-electron chi connectivity index (χ0n) is 9.31. The Labute approximate surface area is 101 Å². The molecule has 0 radical (unpaired) electrons. The summed E-state index contributed by atoms with van der Waals surface area (Å²) in [6, 6.07) is -2.34. The van der Waals surface area contributed by atoms with Crippen molar-refractivity contribution in [1.82, 2.24) is 4.90 Å². The third-order valence-electron chi connectivity index (χ3n) is 2.61. The van der Waals surface area contributed by atoms with E-state index in [4.69, 9.17) is 5.11 Å². The lowest BCUT2D eigenvalue weighted by Gasteiger charge is -2.27. The summed E-state index contributed by atoms with van der Waals surface area (Å²) in [6.07, 6.45) is -5.01. The second-order valence-electron chi connectivity index (χ2n) is 3.78. The first-order valence-electron chi connectivity index (χ1n) is 5.13. The van der Waals surface area contributed by atoms with E-state index in [1.165, 1.54) is 6.08 Å². The van der Waals surface area contributed by atoms with E-state index in [-0.39, 0.29) is 19.6 Å². The summed E-state index contributed by atoms with van der Waals surface area (Å²) in [5.74, 6) is -3.22. The number of aliphatic carboxylic acids is 1. The molecule has 0 spiro atoms. The van der Waals surface area contributed by atoms with Crippen LogP contribution < -0.4 is 0 Å². The van der Waals surface area contributed by atoms with Crippen molar-refractivity contribution in [3.63, 3.8) is 0 Å². The maximum absolute atomic E-state index is 12.8. The molecular weight excluding hydrogens is 255 g/mol. The van der Waals surface area contributed by atoms with Gasteiger partial charge in [-0.25, -0.2) is 4.79 Å². The molecule has 18 heavy (non-hydrogen) atoms. The molecule has 2 atom stereocenters. The number of halogens is 3. The van der Waals surface area contributed by atoms with E-state index < -0.39 is 30.2 Å². The first kappa shape index (κ1) is 14.3. The lowest BCUT2D eigenvalue weighted by molar-refractivity contribution is -0.188. The van der Waals surface area contributed by atoms with E-state index in [0.717, 1.165) is 0 Å². The molecule has 0 aliphatic carbocycles. The molecule has 1 rings (SSSR count). The van der Waals surface area contributed by atoms with E-state index in [1.54, 1.807) is 0 Å². The molecule has 102 valence electrons. The maximum Gasteiger partial charge on any atom is 0.410 e. The van der Waals surface area contributed by atoms with E-state index in [0.29, 0.717) is 4.90 Å². The highest BCUT2D eigenvalue weighted by Crippen LogP contribution is 2.37. The number of carboxylic acids is 1. The summed E-state index contributed by atoms with van der Waals surface area (Å²) in [5, 5.41) is 8.73. The monoisotopic (exact) mass is 267 g/mol. The van der Waals surface area contributed by atoms with Gasteiger partial charge < -0.3 is 9.84 Å². The summed E-state index contributed by atoms with van der Waals surface area (Å²) >= 11 is 0. The maximum atomic E-state index is 12.8. The zero-order chi connectivity index (χ0) is 13.9. The molecule has 1 aliphatic rings. The number of likely N-dealkylation sites (tertiary alicyclic amines) is 1. The summed E-state index contributed by atoms with van der Waals surface area (Å²) < 4.78 is 42.8. The third kappa shape index (κ3) is 2.93. The Morgan fingerprint density at radius 2 is 2.11 bits per heavy atom. The standard InChI is InChI=1S/C10H12F3NO4/c1-2-5-18-9(17)14-4-3-6(8(15)16)7(14)10(11,12)13/h2,6-7H,1,3-5H2,(H,15,16). The molecule has 1 N–H and O–H groups in total. The van der Waals surface area contributed by atoms with Crippen molar-refractivity contribution >= 4 is 12.1 Å². The van der Waals surface area contributed by atoms with Crippen LogP contribution in [0.3, 0.4) is 0 Å². The Morgan fingerprint density at radius 1 is 1.50 bits per heavy atom. The number of carboxylic acid groups (broad SMARTS) is 1. The zero-order valence-corrected chi connectivity index (χ0v) is 9.31. The van der Waals surface area contributed by atoms with Gasteiger partial charge in [-0.3, -0.25) is 9.69 Å². The molecule has 5 nitrogen and oxygen atoms in total. The van der Waals surface area contributed by atoms with Gasteiger partial charge in [-0.1, -0.05) is 12.7 Å². The van der Waals surface area contributed by atoms with Gasteiger partial charge in [0, 0.05) is 6.54 Å². The molecule has 0 aromatic rings. The molecule has 0 aromatic heterocycles. The van der Waals surface area contributed by atoms with Gasteiger partial charge >= 0.3 is 18.2 Å². The molecule has 8 heteroatoms. The number of carbonyl (C=O) groups is 2. The lowest BCUT2D eigenvalue weighted by atomic mass is 10.0. The van der Waals surface area contributed by atoms with Gasteiger partial charge in [0.25, 0.3) is 0 Å². The SMILES string of the molecule is C=CCOC(=O)N1CCC(C(=O)O)C1C(F)(F)F. The van der Waals surface area contributed by atoms with Crippen LogP contribution in [-0.2, 0) is 9.53 Å². The largest absolute Gasteiger partial charge is 0.481 e. The highest BCUT2D eigenvalue weighted by atomic mass is 19.4. The highest BCUT2D eigenvalue weighted by molar-refractivity contribution is 5.75. The second-order valence-corrected chi connectivity index (χ2v) is 3.78. The highest BCUT2D eigenvalue weighted by Gasteiger charge is 2.56. The topological polar surface area (TPSA) is 66.8 Å². The predicted octanol–water partition coefficient (Wildman–Crippen LogP) is 1.65. The first-order chi connectivity index (χ1) is 8.29. The molecule has 1 aliphatic heterocycles. The smallest absolute Gasteiger partial charge is 0.410 e. The number of nitrogens with zero attached hydrogens (tertiary/aromatic N) is 1. The van der Waals surface area contributed by atoms with Crippen molar-refractivity contribution in [2.24, 2.45) is 5.92 Å². The van der Waals surface area contributed by atoms with Gasteiger partial charge in [0.2, 0.25) is 0 Å². The average Bonchev–Trinajstić information content (AvgIpc) is 2.69. The van der Waals surface area contributed by atoms with Crippen LogP contribution in [0, 0.1) is 5.92 Å². The van der Waals surface area contributed by atoms with E-state index in [9.17, 15) is 22.8 Å². The van der Waals surface area contributed by atoms with Gasteiger partial charge in [-0.15, -0.1) is 0 Å². The van der Waals surface area contributed by atoms with Gasteiger partial charge in [0.05, 0.1) is 5.92 Å². The lowest BCUT2D eigenvalue weighted by Crippen LogP contribution is -2.49. The van der Waals surface area contributed by atoms with Crippen molar-refractivity contribution in [2.75, 3.05) is 13.2 Å². The Balaban J connectivity index is 2.88. The number of hydrogen-bond acceptors (Lipinski definition) is 3. The van der Waals surface area contributed by atoms with Crippen molar-refractivity contribution in [3.8, 4) is 0 Å². The van der Waals surface area contributed by atoms with Crippen LogP contribution in [0.15, 0.2) is 12.7 Å². The molecule has 1 saturated heterocycles. The summed E-state index contributed by atoms with van der Waals surface area (Å²) in [5.41, 5.74) is 0. The average molecular weight is 267 g/mol. The van der Waals surface area contributed by atoms with Gasteiger partial charge in [0.1, 0.15) is 12.6 Å². The van der Waals surface area contributed by atoms with Crippen molar-refractivity contribution in [3.05, 3.63) is 12.7 Å². The number of ether oxygens (including phenoxy) is 1. The fourth-order valence-corrected chi connectivity index (χ4v) is 1.87. The Hall–Kier alpha value is -1.73. The van der Waals surface area contributed by atoms with E-state index in [2.05, 4.69) is 11.3 Å². The Morgan fingerprint density at radius 3 is 2.56 bits per heavy atom. The molecule has 1 amide bonds. The second kappa shape index (κ2) is 5.28. The van der Waals surface area contributed by atoms with Crippen LogP contribution in [0.4, 0.5) is 18.0 Å². The summed E-state index contributed by atoms with van der Waals surface area (Å²) in [6.45, 7) is 2.74. The predicted molar refractivity (Wildman–Crippen MR) is 53.8 cm³/mol. The van der Waals surface area contributed by atoms with Crippen LogP contribution in [0.1, 0.15) is 6.42 Å². The first-order valence-corrected chi connectivity index (χ1v) is 5.13. The minimum atomic E-state index is -4.80. The fourth-order valence-electron chi connectivity index (χ4n) is 1.87. The van der Waals surface area contributed by atoms with Gasteiger partial charge in [-0.05, 0) is 6.42 Å². The number of alkyl halides is 3. The normalized spacial score (nSPS) is 23.8. The van der Waals surface area contributed by atoms with E-state index in [1.807, 2.05) is 0 Å². The van der Waals surface area contributed by atoms with Crippen LogP contribution >= 0.6 is 0 Å². The third-order valence-corrected chi connectivity index (χ3v) is 2.61. The van der Waals surface area contributed by atoms with Crippen molar-refractivity contribution in [2.45, 2.75) is 18.6 Å². The minimum absolute atomic E-state index is 0.225. The summed E-state index contributed by atoms with van der Waals surface area (Å²) in [4.78, 5) is 22.5. The van der Waals surface area contributed by atoms with Crippen LogP contribution in [-0.4, -0.2) is 47.4 Å². The van der Waals surface area contributed by atoms with E-state index >= 15 is 0 Å². The molecule has 1 heterocycles. The van der Waals surface area contributed by atoms with Crippen LogP contribution in [0.2, 0.25) is 0 Å². The van der Waals surface area contributed by atoms with Crippen molar-refractivity contribution in [1.29, 1.82) is 0 Å². The molecule has 0 aromatic carbocycles. The Kier molecular flexibility index (Phi) is 4.20. The minimum Gasteiger partial charge on any atom is -0.481 e. The van der Waals surface area contributed by atoms with Gasteiger partial charge in [0.15, 0.2) is 0 Å². The fraction of sp³-hybridized carbons (Fsp3) is 0.600. The molecule has 0 bridgehead atoms. The quantitative estimate of drug-likeness (QED) is 0.789. The van der Waals surface area contributed by atoms with Crippen molar-refractivity contribution < 1.29 is 32.6 Å². The van der Waals surface area contributed by atoms with Crippen LogP contribution in [0.25, 0.3) is 0 Å². The van der Waals surface area contributed by atoms with Gasteiger partial charge in [-0.2, -0.15) is 13.2 Å². The number of carbonyl (C=O) groups excluding carboxylic acids is 1.